The van der Waals surface area contributed by atoms with E-state index in [1.165, 1.54) is 25.0 Å². The fraction of sp³-hybridized carbons (Fsp3) is 0.889. The number of fused-ring (bicyclic) bond motifs is 1. The second kappa shape index (κ2) is 3.68. The molecule has 2 rings (SSSR count). The Hall–Kier alpha value is -0.200. The first kappa shape index (κ1) is 8.40. The summed E-state index contributed by atoms with van der Waals surface area (Å²) in [5, 5.41) is 9.48. The summed E-state index contributed by atoms with van der Waals surface area (Å²) in [4.78, 5) is 2.37. The lowest BCUT2D eigenvalue weighted by Crippen LogP contribution is -2.44. The Morgan fingerprint density at radius 3 is 3.25 bits per heavy atom. The summed E-state index contributed by atoms with van der Waals surface area (Å²) in [6.07, 6.45) is 4.06. The predicted molar refractivity (Wildman–Crippen MR) is 51.1 cm³/mol. The van der Waals surface area contributed by atoms with E-state index in [2.05, 4.69) is 22.7 Å². The maximum atomic E-state index is 8.64. The highest BCUT2D eigenvalue weighted by Gasteiger charge is 2.34. The SMILES string of the molecule is N#CCN1CCSC2CCCC21. The Labute approximate surface area is 77.9 Å². The molecule has 1 saturated carbocycles. The first-order valence-corrected chi connectivity index (χ1v) is 5.69. The monoisotopic (exact) mass is 182 g/mol. The average molecular weight is 182 g/mol. The molecule has 0 spiro atoms. The minimum Gasteiger partial charge on any atom is -0.286 e. The molecule has 2 aliphatic rings. The van der Waals surface area contributed by atoms with E-state index in [0.29, 0.717) is 6.54 Å². The first-order valence-electron chi connectivity index (χ1n) is 4.64. The molecule has 0 aromatic carbocycles. The van der Waals surface area contributed by atoms with Crippen LogP contribution in [-0.4, -0.2) is 35.0 Å². The van der Waals surface area contributed by atoms with Crippen molar-refractivity contribution in [2.24, 2.45) is 0 Å². The molecular weight excluding hydrogens is 168 g/mol. The summed E-state index contributed by atoms with van der Waals surface area (Å²) < 4.78 is 0. The Kier molecular flexibility index (Phi) is 2.57. The molecule has 0 aromatic rings. The van der Waals surface area contributed by atoms with Crippen LogP contribution >= 0.6 is 11.8 Å². The third-order valence-corrected chi connectivity index (χ3v) is 4.27. The van der Waals surface area contributed by atoms with Gasteiger partial charge in [0.15, 0.2) is 0 Å². The van der Waals surface area contributed by atoms with Crippen molar-refractivity contribution in [3.8, 4) is 6.07 Å². The van der Waals surface area contributed by atoms with Gasteiger partial charge in [-0.15, -0.1) is 0 Å². The van der Waals surface area contributed by atoms with Crippen LogP contribution in [-0.2, 0) is 0 Å². The zero-order valence-corrected chi connectivity index (χ0v) is 8.02. The zero-order chi connectivity index (χ0) is 8.39. The normalized spacial score (nSPS) is 35.9. The van der Waals surface area contributed by atoms with Crippen molar-refractivity contribution < 1.29 is 0 Å². The second-order valence-electron chi connectivity index (χ2n) is 3.54. The summed E-state index contributed by atoms with van der Waals surface area (Å²) in [6, 6.07) is 2.99. The van der Waals surface area contributed by atoms with Gasteiger partial charge in [0.25, 0.3) is 0 Å². The standard InChI is InChI=1S/C9H14N2S/c10-4-5-11-6-7-12-9-3-1-2-8(9)11/h8-9H,1-3,5-7H2. The summed E-state index contributed by atoms with van der Waals surface area (Å²) in [5.41, 5.74) is 0. The van der Waals surface area contributed by atoms with Gasteiger partial charge >= 0.3 is 0 Å². The molecular formula is C9H14N2S. The third kappa shape index (κ3) is 1.46. The first-order chi connectivity index (χ1) is 5.92. The molecule has 0 amide bonds. The summed E-state index contributed by atoms with van der Waals surface area (Å²) in [7, 11) is 0. The number of thioether (sulfide) groups is 1. The van der Waals surface area contributed by atoms with Crippen LogP contribution in [0.3, 0.4) is 0 Å². The molecule has 2 unspecified atom stereocenters. The van der Waals surface area contributed by atoms with Gasteiger partial charge in [-0.3, -0.25) is 4.90 Å². The van der Waals surface area contributed by atoms with Crippen LogP contribution in [0.15, 0.2) is 0 Å². The minimum atomic E-state index is 0.641. The van der Waals surface area contributed by atoms with Crippen LogP contribution in [0.2, 0.25) is 0 Å². The van der Waals surface area contributed by atoms with Gasteiger partial charge in [0.05, 0.1) is 12.6 Å². The lowest BCUT2D eigenvalue weighted by Gasteiger charge is -2.35. The third-order valence-electron chi connectivity index (χ3n) is 2.87. The van der Waals surface area contributed by atoms with Gasteiger partial charge in [-0.2, -0.15) is 17.0 Å². The number of hydrogen-bond donors (Lipinski definition) is 0. The van der Waals surface area contributed by atoms with Gasteiger partial charge in [0, 0.05) is 23.6 Å². The van der Waals surface area contributed by atoms with Crippen molar-refractivity contribution in [3.05, 3.63) is 0 Å². The van der Waals surface area contributed by atoms with Crippen molar-refractivity contribution in [2.45, 2.75) is 30.6 Å². The maximum Gasteiger partial charge on any atom is 0.0869 e. The van der Waals surface area contributed by atoms with Gasteiger partial charge in [-0.25, -0.2) is 0 Å². The van der Waals surface area contributed by atoms with E-state index in [0.717, 1.165) is 17.8 Å². The number of nitriles is 1. The molecule has 1 heterocycles. The Morgan fingerprint density at radius 2 is 2.42 bits per heavy atom. The fourth-order valence-corrected chi connectivity index (χ4v) is 3.80. The highest BCUT2D eigenvalue weighted by Crippen LogP contribution is 2.36. The van der Waals surface area contributed by atoms with Gasteiger partial charge in [0.2, 0.25) is 0 Å². The Morgan fingerprint density at radius 1 is 1.50 bits per heavy atom. The molecule has 3 heteroatoms. The number of hydrogen-bond acceptors (Lipinski definition) is 3. The predicted octanol–water partition coefficient (Wildman–Crippen LogP) is 1.48. The van der Waals surface area contributed by atoms with E-state index in [1.54, 1.807) is 0 Å². The second-order valence-corrected chi connectivity index (χ2v) is 4.88. The maximum absolute atomic E-state index is 8.64. The van der Waals surface area contributed by atoms with E-state index in [4.69, 9.17) is 5.26 Å². The smallest absolute Gasteiger partial charge is 0.0869 e. The van der Waals surface area contributed by atoms with Crippen LogP contribution in [0.4, 0.5) is 0 Å². The molecule has 0 bridgehead atoms. The van der Waals surface area contributed by atoms with Gasteiger partial charge in [0.1, 0.15) is 0 Å². The van der Waals surface area contributed by atoms with Gasteiger partial charge in [-0.1, -0.05) is 6.42 Å². The molecule has 66 valence electrons. The lowest BCUT2D eigenvalue weighted by molar-refractivity contribution is 0.233. The largest absolute Gasteiger partial charge is 0.286 e. The summed E-state index contributed by atoms with van der Waals surface area (Å²) >= 11 is 2.11. The molecule has 0 N–H and O–H groups in total. The molecule has 12 heavy (non-hydrogen) atoms. The van der Waals surface area contributed by atoms with Crippen molar-refractivity contribution in [3.63, 3.8) is 0 Å². The molecule has 1 saturated heterocycles. The molecule has 0 radical (unpaired) electrons. The van der Waals surface area contributed by atoms with Crippen molar-refractivity contribution in [2.75, 3.05) is 18.8 Å². The van der Waals surface area contributed by atoms with Crippen LogP contribution in [0.5, 0.6) is 0 Å². The van der Waals surface area contributed by atoms with Crippen LogP contribution in [0, 0.1) is 11.3 Å². The van der Waals surface area contributed by atoms with Gasteiger partial charge < -0.3 is 0 Å². The van der Waals surface area contributed by atoms with Crippen LogP contribution < -0.4 is 0 Å². The van der Waals surface area contributed by atoms with Gasteiger partial charge in [-0.05, 0) is 12.8 Å². The molecule has 1 aliphatic heterocycles. The van der Waals surface area contributed by atoms with Crippen LogP contribution in [0.1, 0.15) is 19.3 Å². The van der Waals surface area contributed by atoms with E-state index in [1.807, 2.05) is 0 Å². The minimum absolute atomic E-state index is 0.641. The summed E-state index contributed by atoms with van der Waals surface area (Å²) in [5.74, 6) is 1.23. The number of rotatable bonds is 1. The molecule has 2 nitrogen and oxygen atoms in total. The van der Waals surface area contributed by atoms with Crippen molar-refractivity contribution in [1.82, 2.24) is 4.90 Å². The van der Waals surface area contributed by atoms with E-state index < -0.39 is 0 Å². The fourth-order valence-electron chi connectivity index (χ4n) is 2.29. The van der Waals surface area contributed by atoms with Crippen molar-refractivity contribution >= 4 is 11.8 Å². The molecule has 2 atom stereocenters. The van der Waals surface area contributed by atoms with Crippen LogP contribution in [0.25, 0.3) is 0 Å². The quantitative estimate of drug-likeness (QED) is 0.575. The number of nitrogens with zero attached hydrogens (tertiary/aromatic N) is 2. The lowest BCUT2D eigenvalue weighted by atomic mass is 10.2. The van der Waals surface area contributed by atoms with Crippen molar-refractivity contribution in [1.29, 1.82) is 5.26 Å². The molecule has 2 fully saturated rings. The highest BCUT2D eigenvalue weighted by molar-refractivity contribution is 8.00. The van der Waals surface area contributed by atoms with E-state index in [9.17, 15) is 0 Å². The molecule has 1 aliphatic carbocycles. The Balaban J connectivity index is 1.99. The summed E-state index contributed by atoms with van der Waals surface area (Å²) in [6.45, 7) is 1.76. The van der Waals surface area contributed by atoms with E-state index >= 15 is 0 Å². The van der Waals surface area contributed by atoms with E-state index in [-0.39, 0.29) is 0 Å². The Bertz CT molecular complexity index is 199. The average Bonchev–Trinajstić information content (AvgIpc) is 2.53. The topological polar surface area (TPSA) is 27.0 Å². The highest BCUT2D eigenvalue weighted by atomic mass is 32.2. The molecule has 0 aromatic heterocycles. The zero-order valence-electron chi connectivity index (χ0n) is 7.20.